The van der Waals surface area contributed by atoms with Gasteiger partial charge in [0.25, 0.3) is 5.91 Å². The summed E-state index contributed by atoms with van der Waals surface area (Å²) in [5.74, 6) is 0.451. The van der Waals surface area contributed by atoms with Crippen LogP contribution in [0.1, 0.15) is 29.4 Å². The van der Waals surface area contributed by atoms with Crippen molar-refractivity contribution < 1.29 is 4.79 Å². The highest BCUT2D eigenvalue weighted by atomic mass is 35.5. The fraction of sp³-hybridized carbons (Fsp3) is 0.545. The van der Waals surface area contributed by atoms with Gasteiger partial charge >= 0.3 is 0 Å². The van der Waals surface area contributed by atoms with Gasteiger partial charge in [-0.1, -0.05) is 24.9 Å². The summed E-state index contributed by atoms with van der Waals surface area (Å²) in [5, 5.41) is 2.36. The zero-order valence-electron chi connectivity index (χ0n) is 9.21. The number of halogens is 2. The van der Waals surface area contributed by atoms with E-state index in [4.69, 9.17) is 23.2 Å². The summed E-state index contributed by atoms with van der Waals surface area (Å²) < 4.78 is 0. The molecule has 2 nitrogen and oxygen atoms in total. The van der Waals surface area contributed by atoms with Crippen molar-refractivity contribution >= 4 is 40.4 Å². The lowest BCUT2D eigenvalue weighted by atomic mass is 10.3. The van der Waals surface area contributed by atoms with E-state index in [1.165, 1.54) is 11.3 Å². The van der Waals surface area contributed by atoms with Gasteiger partial charge < -0.3 is 4.90 Å². The number of unbranched alkanes of at least 4 members (excludes halogenated alkanes) is 1. The molecular formula is C11H15Cl2NOS. The maximum absolute atomic E-state index is 12.1. The number of alkyl halides is 1. The maximum Gasteiger partial charge on any atom is 0.265 e. The summed E-state index contributed by atoms with van der Waals surface area (Å²) in [4.78, 5) is 14.5. The Morgan fingerprint density at radius 2 is 2.25 bits per heavy atom. The van der Waals surface area contributed by atoms with Gasteiger partial charge in [-0.25, -0.2) is 0 Å². The third-order valence-corrected chi connectivity index (χ3v) is 3.73. The molecule has 0 N–H and O–H groups in total. The van der Waals surface area contributed by atoms with Crippen LogP contribution in [0.25, 0.3) is 0 Å². The van der Waals surface area contributed by atoms with Crippen molar-refractivity contribution in [3.8, 4) is 0 Å². The second-order valence-electron chi connectivity index (χ2n) is 3.43. The molecule has 1 aromatic heterocycles. The predicted molar refractivity (Wildman–Crippen MR) is 70.9 cm³/mol. The molecule has 0 spiro atoms. The van der Waals surface area contributed by atoms with E-state index in [1.54, 1.807) is 11.0 Å². The van der Waals surface area contributed by atoms with E-state index in [0.29, 0.717) is 22.3 Å². The molecule has 1 heterocycles. The molecule has 0 atom stereocenters. The number of rotatable bonds is 6. The van der Waals surface area contributed by atoms with Crippen LogP contribution in [0.2, 0.25) is 5.02 Å². The van der Waals surface area contributed by atoms with Gasteiger partial charge in [0.1, 0.15) is 4.88 Å². The number of hydrogen-bond acceptors (Lipinski definition) is 2. The Labute approximate surface area is 110 Å². The average Bonchev–Trinajstić information content (AvgIpc) is 2.69. The molecule has 1 rings (SSSR count). The molecule has 1 aromatic rings. The topological polar surface area (TPSA) is 20.3 Å². The summed E-state index contributed by atoms with van der Waals surface area (Å²) in [7, 11) is 0. The molecule has 0 aliphatic heterocycles. The van der Waals surface area contributed by atoms with E-state index in [1.807, 2.05) is 5.38 Å². The van der Waals surface area contributed by atoms with Gasteiger partial charge in [0.05, 0.1) is 5.02 Å². The van der Waals surface area contributed by atoms with Crippen LogP contribution >= 0.6 is 34.5 Å². The second kappa shape index (κ2) is 7.15. The van der Waals surface area contributed by atoms with Gasteiger partial charge in [0, 0.05) is 19.0 Å². The van der Waals surface area contributed by atoms with E-state index in [9.17, 15) is 4.79 Å². The number of thiophene rings is 1. The second-order valence-corrected chi connectivity index (χ2v) is 5.13. The highest BCUT2D eigenvalue weighted by molar-refractivity contribution is 7.12. The normalized spacial score (nSPS) is 10.4. The standard InChI is InChI=1S/C11H15Cl2NOS/c1-2-3-6-14(7-5-12)11(15)10-9(13)4-8-16-10/h4,8H,2-3,5-7H2,1H3. The lowest BCUT2D eigenvalue weighted by molar-refractivity contribution is 0.0768. The molecule has 0 unspecified atom stereocenters. The Kier molecular flexibility index (Phi) is 6.17. The largest absolute Gasteiger partial charge is 0.337 e. The molecular weight excluding hydrogens is 265 g/mol. The summed E-state index contributed by atoms with van der Waals surface area (Å²) >= 11 is 13.0. The summed E-state index contributed by atoms with van der Waals surface area (Å²) in [5.41, 5.74) is 0. The summed E-state index contributed by atoms with van der Waals surface area (Å²) in [6.45, 7) is 3.42. The fourth-order valence-corrected chi connectivity index (χ4v) is 2.66. The van der Waals surface area contributed by atoms with Crippen LogP contribution in [0, 0.1) is 0 Å². The van der Waals surface area contributed by atoms with Crippen LogP contribution in [0.4, 0.5) is 0 Å². The van der Waals surface area contributed by atoms with Crippen molar-refractivity contribution in [1.29, 1.82) is 0 Å². The maximum atomic E-state index is 12.1. The SMILES string of the molecule is CCCCN(CCCl)C(=O)c1sccc1Cl. The molecule has 5 heteroatoms. The van der Waals surface area contributed by atoms with E-state index < -0.39 is 0 Å². The first-order valence-electron chi connectivity index (χ1n) is 5.29. The van der Waals surface area contributed by atoms with Crippen LogP contribution in [0.3, 0.4) is 0 Å². The van der Waals surface area contributed by atoms with Gasteiger partial charge in [-0.15, -0.1) is 22.9 Å². The van der Waals surface area contributed by atoms with Gasteiger partial charge in [-0.3, -0.25) is 4.79 Å². The number of hydrogen-bond donors (Lipinski definition) is 0. The predicted octanol–water partition coefficient (Wildman–Crippen LogP) is 3.88. The molecule has 0 aliphatic carbocycles. The van der Waals surface area contributed by atoms with Crippen molar-refractivity contribution in [1.82, 2.24) is 4.90 Å². The van der Waals surface area contributed by atoms with Crippen molar-refractivity contribution in [2.24, 2.45) is 0 Å². The Balaban J connectivity index is 2.70. The monoisotopic (exact) mass is 279 g/mol. The molecule has 16 heavy (non-hydrogen) atoms. The number of carbonyl (C=O) groups is 1. The van der Waals surface area contributed by atoms with Crippen LogP contribution in [-0.4, -0.2) is 29.8 Å². The van der Waals surface area contributed by atoms with Gasteiger partial charge in [-0.05, 0) is 17.9 Å². The Morgan fingerprint density at radius 3 is 2.75 bits per heavy atom. The number of carbonyl (C=O) groups excluding carboxylic acids is 1. The van der Waals surface area contributed by atoms with E-state index in [2.05, 4.69) is 6.92 Å². The van der Waals surface area contributed by atoms with Crippen molar-refractivity contribution in [2.45, 2.75) is 19.8 Å². The third kappa shape index (κ3) is 3.65. The highest BCUT2D eigenvalue weighted by Gasteiger charge is 2.18. The minimum atomic E-state index is -0.00546. The molecule has 0 bridgehead atoms. The Morgan fingerprint density at radius 1 is 1.50 bits per heavy atom. The van der Waals surface area contributed by atoms with E-state index in [-0.39, 0.29) is 5.91 Å². The van der Waals surface area contributed by atoms with Crippen LogP contribution in [0.5, 0.6) is 0 Å². The van der Waals surface area contributed by atoms with E-state index in [0.717, 1.165) is 19.4 Å². The van der Waals surface area contributed by atoms with Crippen molar-refractivity contribution in [2.75, 3.05) is 19.0 Å². The molecule has 0 aliphatic rings. The third-order valence-electron chi connectivity index (χ3n) is 2.23. The Hall–Kier alpha value is -0.250. The highest BCUT2D eigenvalue weighted by Crippen LogP contribution is 2.23. The molecule has 0 aromatic carbocycles. The minimum absolute atomic E-state index is 0.00546. The first-order chi connectivity index (χ1) is 7.70. The molecule has 90 valence electrons. The molecule has 0 radical (unpaired) electrons. The lowest BCUT2D eigenvalue weighted by Crippen LogP contribution is -2.33. The molecule has 1 amide bonds. The molecule has 0 saturated carbocycles. The van der Waals surface area contributed by atoms with E-state index >= 15 is 0 Å². The minimum Gasteiger partial charge on any atom is -0.337 e. The Bertz CT molecular complexity index is 340. The van der Waals surface area contributed by atoms with Gasteiger partial charge in [0.2, 0.25) is 0 Å². The quantitative estimate of drug-likeness (QED) is 0.724. The number of nitrogens with zero attached hydrogens (tertiary/aromatic N) is 1. The fourth-order valence-electron chi connectivity index (χ4n) is 1.36. The zero-order valence-corrected chi connectivity index (χ0v) is 11.5. The molecule has 0 saturated heterocycles. The van der Waals surface area contributed by atoms with Crippen molar-refractivity contribution in [3.63, 3.8) is 0 Å². The molecule has 0 fully saturated rings. The van der Waals surface area contributed by atoms with Crippen molar-refractivity contribution in [3.05, 3.63) is 21.3 Å². The summed E-state index contributed by atoms with van der Waals surface area (Å²) in [6.07, 6.45) is 2.05. The van der Waals surface area contributed by atoms with Crippen LogP contribution in [0.15, 0.2) is 11.4 Å². The smallest absolute Gasteiger partial charge is 0.265 e. The number of amides is 1. The van der Waals surface area contributed by atoms with Crippen LogP contribution in [-0.2, 0) is 0 Å². The lowest BCUT2D eigenvalue weighted by Gasteiger charge is -2.20. The average molecular weight is 280 g/mol. The van der Waals surface area contributed by atoms with Gasteiger partial charge in [-0.2, -0.15) is 0 Å². The van der Waals surface area contributed by atoms with Gasteiger partial charge in [0.15, 0.2) is 0 Å². The first kappa shape index (κ1) is 13.8. The first-order valence-corrected chi connectivity index (χ1v) is 7.08. The summed E-state index contributed by atoms with van der Waals surface area (Å²) in [6, 6.07) is 1.75. The van der Waals surface area contributed by atoms with Crippen LogP contribution < -0.4 is 0 Å². The zero-order chi connectivity index (χ0) is 12.0.